The maximum atomic E-state index is 13.8. The van der Waals surface area contributed by atoms with E-state index in [4.69, 9.17) is 5.10 Å². The number of amides is 3. The largest absolute Gasteiger partial charge is 0.328 e. The average Bonchev–Trinajstić information content (AvgIpc) is 3.20. The van der Waals surface area contributed by atoms with Crippen molar-refractivity contribution in [3.05, 3.63) is 70.8 Å². The zero-order chi connectivity index (χ0) is 24.1. The fourth-order valence-corrected chi connectivity index (χ4v) is 5.30. The molecule has 3 heterocycles. The summed E-state index contributed by atoms with van der Waals surface area (Å²) in [5.41, 5.74) is 5.34. The number of aryl methyl sites for hydroxylation is 2. The number of carbonyl (C=O) groups is 2. The van der Waals surface area contributed by atoms with Crippen molar-refractivity contribution in [1.82, 2.24) is 25.0 Å². The number of urea groups is 1. The highest BCUT2D eigenvalue weighted by Crippen LogP contribution is 2.34. The van der Waals surface area contributed by atoms with Crippen molar-refractivity contribution in [2.75, 3.05) is 7.05 Å². The zero-order valence-electron chi connectivity index (χ0n) is 20.4. The monoisotopic (exact) mass is 460 g/mol. The van der Waals surface area contributed by atoms with Gasteiger partial charge in [-0.1, -0.05) is 59.7 Å². The number of imide groups is 1. The molecule has 3 amide bonds. The summed E-state index contributed by atoms with van der Waals surface area (Å²) in [4.78, 5) is 32.3. The van der Waals surface area contributed by atoms with E-state index in [1.165, 1.54) is 10.5 Å². The minimum absolute atomic E-state index is 0.0346. The molecule has 1 N–H and O–H groups in total. The van der Waals surface area contributed by atoms with Crippen molar-refractivity contribution in [2.45, 2.75) is 65.3 Å². The molecule has 8 nitrogen and oxygen atoms in total. The predicted molar refractivity (Wildman–Crippen MR) is 131 cm³/mol. The number of rotatable bonds is 4. The summed E-state index contributed by atoms with van der Waals surface area (Å²) in [5, 5.41) is 10.4. The number of benzene rings is 2. The third-order valence-corrected chi connectivity index (χ3v) is 7.16. The summed E-state index contributed by atoms with van der Waals surface area (Å²) >= 11 is 0. The van der Waals surface area contributed by atoms with Gasteiger partial charge in [-0.2, -0.15) is 5.10 Å². The average molecular weight is 461 g/mol. The molecule has 2 aromatic carbocycles. The number of hydrogen-bond acceptors (Lipinski definition) is 6. The molecule has 5 rings (SSSR count). The summed E-state index contributed by atoms with van der Waals surface area (Å²) in [6.07, 6.45) is -0.699. The van der Waals surface area contributed by atoms with Gasteiger partial charge in [-0.3, -0.25) is 20.0 Å². The van der Waals surface area contributed by atoms with E-state index in [1.54, 1.807) is 11.9 Å². The molecule has 0 radical (unpaired) electrons. The molecule has 2 fully saturated rings. The van der Waals surface area contributed by atoms with Crippen molar-refractivity contribution in [3.63, 3.8) is 0 Å². The second-order valence-electron chi connectivity index (χ2n) is 9.69. The summed E-state index contributed by atoms with van der Waals surface area (Å²) in [6.45, 7) is 9.04. The topological polar surface area (TPSA) is 71.5 Å². The first-order valence-electron chi connectivity index (χ1n) is 11.8. The SMILES string of the molecule is CC1=NN(Cc2cccc(C)c2)C2NC3C(C(=O)N(Cc4cccc(C)c4)C(=O)N3C)N2C1C. The molecule has 2 saturated heterocycles. The van der Waals surface area contributed by atoms with Crippen LogP contribution in [-0.4, -0.2) is 68.9 Å². The van der Waals surface area contributed by atoms with Gasteiger partial charge in [0.25, 0.3) is 5.91 Å². The molecule has 4 unspecified atom stereocenters. The van der Waals surface area contributed by atoms with Crippen molar-refractivity contribution < 1.29 is 9.59 Å². The minimum atomic E-state index is -0.488. The summed E-state index contributed by atoms with van der Waals surface area (Å²) in [5.74, 6) is -0.165. The van der Waals surface area contributed by atoms with Gasteiger partial charge < -0.3 is 4.90 Å². The molecule has 0 spiro atoms. The van der Waals surface area contributed by atoms with Crippen LogP contribution < -0.4 is 5.32 Å². The molecule has 0 aromatic heterocycles. The number of nitrogens with zero attached hydrogens (tertiary/aromatic N) is 5. The van der Waals surface area contributed by atoms with Gasteiger partial charge in [-0.05, 0) is 38.8 Å². The van der Waals surface area contributed by atoms with E-state index >= 15 is 0 Å². The van der Waals surface area contributed by atoms with Crippen LogP contribution in [0, 0.1) is 13.8 Å². The van der Waals surface area contributed by atoms with Crippen molar-refractivity contribution in [1.29, 1.82) is 0 Å². The van der Waals surface area contributed by atoms with Gasteiger partial charge in [0.15, 0.2) is 6.29 Å². The molecule has 0 saturated carbocycles. The zero-order valence-corrected chi connectivity index (χ0v) is 20.4. The maximum Gasteiger partial charge on any atom is 0.328 e. The van der Waals surface area contributed by atoms with Gasteiger partial charge in [0, 0.05) is 7.05 Å². The van der Waals surface area contributed by atoms with E-state index in [9.17, 15) is 9.59 Å². The number of likely N-dealkylation sites (N-methyl/N-ethyl adjacent to an activating group) is 1. The quantitative estimate of drug-likeness (QED) is 0.760. The lowest BCUT2D eigenvalue weighted by Crippen LogP contribution is -2.67. The fourth-order valence-electron chi connectivity index (χ4n) is 5.30. The summed E-state index contributed by atoms with van der Waals surface area (Å²) < 4.78 is 0. The van der Waals surface area contributed by atoms with E-state index in [2.05, 4.69) is 42.3 Å². The Morgan fingerprint density at radius 1 is 0.941 bits per heavy atom. The Balaban J connectivity index is 1.46. The highest BCUT2D eigenvalue weighted by molar-refractivity contribution is 6.01. The van der Waals surface area contributed by atoms with E-state index in [0.717, 1.165) is 22.4 Å². The van der Waals surface area contributed by atoms with Crippen LogP contribution in [0.15, 0.2) is 53.6 Å². The van der Waals surface area contributed by atoms with Crippen LogP contribution in [0.25, 0.3) is 0 Å². The standard InChI is InChI=1S/C26H32N6O2/c1-16-8-6-10-20(12-16)14-30-24(33)22-23(29(5)26(30)34)27-25-31(28-18(3)19(4)32(22)25)15-21-11-7-9-17(2)13-21/h6-13,19,22-23,25,27H,14-15H2,1-5H3. The van der Waals surface area contributed by atoms with Crippen LogP contribution in [0.5, 0.6) is 0 Å². The maximum absolute atomic E-state index is 13.8. The predicted octanol–water partition coefficient (Wildman–Crippen LogP) is 2.86. The number of hydrazone groups is 1. The highest BCUT2D eigenvalue weighted by atomic mass is 16.2. The molecule has 3 aliphatic rings. The Morgan fingerprint density at radius 3 is 2.18 bits per heavy atom. The Bertz CT molecular complexity index is 1160. The molecule has 4 atom stereocenters. The summed E-state index contributed by atoms with van der Waals surface area (Å²) in [7, 11) is 1.77. The molecule has 0 bridgehead atoms. The second kappa shape index (κ2) is 8.52. The van der Waals surface area contributed by atoms with Crippen LogP contribution in [0.3, 0.4) is 0 Å². The first-order valence-corrected chi connectivity index (χ1v) is 11.8. The Hall–Kier alpha value is -3.23. The lowest BCUT2D eigenvalue weighted by molar-refractivity contribution is -0.140. The van der Waals surface area contributed by atoms with Crippen molar-refractivity contribution in [2.24, 2.45) is 5.10 Å². The van der Waals surface area contributed by atoms with Gasteiger partial charge >= 0.3 is 6.03 Å². The number of fused-ring (bicyclic) bond motifs is 3. The third-order valence-electron chi connectivity index (χ3n) is 7.16. The van der Waals surface area contributed by atoms with Gasteiger partial charge in [0.2, 0.25) is 0 Å². The normalized spacial score (nSPS) is 27.1. The molecule has 3 aliphatic heterocycles. The van der Waals surface area contributed by atoms with Crippen LogP contribution in [0.2, 0.25) is 0 Å². The van der Waals surface area contributed by atoms with Gasteiger partial charge in [0.1, 0.15) is 12.2 Å². The Labute approximate surface area is 200 Å². The van der Waals surface area contributed by atoms with Crippen LogP contribution in [0.1, 0.15) is 36.1 Å². The number of nitrogens with one attached hydrogen (secondary N) is 1. The van der Waals surface area contributed by atoms with Gasteiger partial charge in [0.05, 0.1) is 24.8 Å². The van der Waals surface area contributed by atoms with Gasteiger partial charge in [-0.25, -0.2) is 9.69 Å². The van der Waals surface area contributed by atoms with Crippen molar-refractivity contribution in [3.8, 4) is 0 Å². The van der Waals surface area contributed by atoms with E-state index in [1.807, 2.05) is 49.2 Å². The Kier molecular flexibility index (Phi) is 5.65. The summed E-state index contributed by atoms with van der Waals surface area (Å²) in [6, 6.07) is 15.5. The molecular formula is C26H32N6O2. The lowest BCUT2D eigenvalue weighted by atomic mass is 10.0. The lowest BCUT2D eigenvalue weighted by Gasteiger charge is -2.45. The molecule has 8 heteroatoms. The fraction of sp³-hybridized carbons (Fsp3) is 0.423. The number of hydrogen-bond donors (Lipinski definition) is 1. The molecular weight excluding hydrogens is 428 g/mol. The third kappa shape index (κ3) is 3.76. The highest BCUT2D eigenvalue weighted by Gasteiger charge is 2.57. The Morgan fingerprint density at radius 2 is 1.56 bits per heavy atom. The van der Waals surface area contributed by atoms with Crippen molar-refractivity contribution >= 4 is 17.6 Å². The van der Waals surface area contributed by atoms with Crippen LogP contribution >= 0.6 is 0 Å². The molecule has 178 valence electrons. The molecule has 34 heavy (non-hydrogen) atoms. The molecule has 0 aliphatic carbocycles. The van der Waals surface area contributed by atoms with Gasteiger partial charge in [-0.15, -0.1) is 0 Å². The first kappa shape index (κ1) is 22.6. The molecule has 2 aromatic rings. The number of carbonyl (C=O) groups excluding carboxylic acids is 2. The second-order valence-corrected chi connectivity index (χ2v) is 9.69. The van der Waals surface area contributed by atoms with E-state index < -0.39 is 12.2 Å². The van der Waals surface area contributed by atoms with E-state index in [-0.39, 0.29) is 30.8 Å². The van der Waals surface area contributed by atoms with E-state index in [0.29, 0.717) is 6.54 Å². The first-order chi connectivity index (χ1) is 16.2. The van der Waals surface area contributed by atoms with Crippen LogP contribution in [-0.2, 0) is 17.9 Å². The smallest absolute Gasteiger partial charge is 0.310 e. The van der Waals surface area contributed by atoms with Crippen LogP contribution in [0.4, 0.5) is 4.79 Å². The minimum Gasteiger partial charge on any atom is -0.310 e.